The molecule has 2 aliphatic rings. The van der Waals surface area contributed by atoms with Gasteiger partial charge >= 0.3 is 0 Å². The molecule has 1 saturated heterocycles. The molecule has 0 N–H and O–H groups in total. The molecule has 6 nitrogen and oxygen atoms in total. The van der Waals surface area contributed by atoms with Crippen molar-refractivity contribution in [1.82, 2.24) is 24.1 Å². The number of nitrogens with zero attached hydrogens (tertiary/aromatic N) is 5. The molecule has 0 unspecified atom stereocenters. The Morgan fingerprint density at radius 3 is 2.64 bits per heavy atom. The van der Waals surface area contributed by atoms with Gasteiger partial charge in [-0.25, -0.2) is 18.2 Å². The van der Waals surface area contributed by atoms with Crippen LogP contribution in [-0.4, -0.2) is 36.0 Å². The van der Waals surface area contributed by atoms with Gasteiger partial charge in [0.05, 0.1) is 23.1 Å². The first-order valence-electron chi connectivity index (χ1n) is 10.8. The third-order valence-corrected chi connectivity index (χ3v) is 6.83. The van der Waals surface area contributed by atoms with Crippen LogP contribution < -0.4 is 0 Å². The number of amides is 1. The Morgan fingerprint density at radius 1 is 1.12 bits per heavy atom. The van der Waals surface area contributed by atoms with Crippen molar-refractivity contribution >= 4 is 11.6 Å². The third kappa shape index (κ3) is 2.77. The van der Waals surface area contributed by atoms with E-state index in [0.29, 0.717) is 29.1 Å². The van der Waals surface area contributed by atoms with Crippen LogP contribution in [0.25, 0.3) is 16.9 Å². The van der Waals surface area contributed by atoms with Crippen LogP contribution in [0.4, 0.5) is 13.2 Å². The van der Waals surface area contributed by atoms with Crippen molar-refractivity contribution in [1.29, 1.82) is 0 Å². The van der Waals surface area contributed by atoms with E-state index in [1.54, 1.807) is 16.1 Å². The highest BCUT2D eigenvalue weighted by molar-refractivity contribution is 5.95. The monoisotopic (exact) mass is 451 g/mol. The number of hydrogen-bond acceptors (Lipinski definition) is 3. The Labute approximate surface area is 187 Å². The van der Waals surface area contributed by atoms with Gasteiger partial charge in [0.25, 0.3) is 5.91 Å². The number of rotatable bonds is 2. The van der Waals surface area contributed by atoms with E-state index in [-0.39, 0.29) is 23.6 Å². The van der Waals surface area contributed by atoms with Crippen molar-refractivity contribution in [3.05, 3.63) is 76.6 Å². The van der Waals surface area contributed by atoms with Crippen molar-refractivity contribution in [2.75, 3.05) is 0 Å². The van der Waals surface area contributed by atoms with E-state index in [0.717, 1.165) is 36.2 Å². The molecule has 4 aromatic rings. The molecule has 2 bridgehead atoms. The maximum absolute atomic E-state index is 13.9. The molecule has 0 radical (unpaired) electrons. The number of carbonyl (C=O) groups is 1. The van der Waals surface area contributed by atoms with Gasteiger partial charge in [-0.1, -0.05) is 6.07 Å². The van der Waals surface area contributed by atoms with Gasteiger partial charge in [-0.3, -0.25) is 13.9 Å². The maximum Gasteiger partial charge on any atom is 0.273 e. The molecule has 0 spiro atoms. The quantitative estimate of drug-likeness (QED) is 0.426. The number of hydrogen-bond donors (Lipinski definition) is 0. The molecule has 6 rings (SSSR count). The topological polar surface area (TPSA) is 55.4 Å². The highest BCUT2D eigenvalue weighted by Crippen LogP contribution is 2.47. The first-order valence-corrected chi connectivity index (χ1v) is 10.8. The predicted molar refractivity (Wildman–Crippen MR) is 114 cm³/mol. The lowest BCUT2D eigenvalue weighted by Crippen LogP contribution is -2.42. The summed E-state index contributed by atoms with van der Waals surface area (Å²) in [6.07, 6.45) is 3.90. The second kappa shape index (κ2) is 6.94. The lowest BCUT2D eigenvalue weighted by molar-refractivity contribution is 0.0634. The van der Waals surface area contributed by atoms with Crippen molar-refractivity contribution < 1.29 is 18.0 Å². The summed E-state index contributed by atoms with van der Waals surface area (Å²) in [4.78, 5) is 20.1. The molecule has 1 fully saturated rings. The number of aryl methyl sites for hydroxylation is 2. The molecule has 5 heterocycles. The minimum Gasteiger partial charge on any atom is -0.325 e. The second-order valence-corrected chi connectivity index (χ2v) is 8.73. The summed E-state index contributed by atoms with van der Waals surface area (Å²) in [6, 6.07) is 7.28. The number of fused-ring (bicyclic) bond motifs is 5. The van der Waals surface area contributed by atoms with Crippen molar-refractivity contribution in [3.63, 3.8) is 0 Å². The number of aromatic nitrogens is 4. The Morgan fingerprint density at radius 2 is 1.88 bits per heavy atom. The van der Waals surface area contributed by atoms with Gasteiger partial charge in [0.2, 0.25) is 0 Å². The molecule has 1 amide bonds. The second-order valence-electron chi connectivity index (χ2n) is 8.73. The Kier molecular flexibility index (Phi) is 4.21. The van der Waals surface area contributed by atoms with Crippen LogP contribution in [0.15, 0.2) is 36.5 Å². The summed E-state index contributed by atoms with van der Waals surface area (Å²) < 4.78 is 44.8. The molecule has 9 heteroatoms. The maximum atomic E-state index is 13.9. The summed E-state index contributed by atoms with van der Waals surface area (Å²) in [5.74, 6) is -4.07. The number of carbonyl (C=O) groups excluding carboxylic acids is 1. The number of benzene rings is 1. The smallest absolute Gasteiger partial charge is 0.273 e. The largest absolute Gasteiger partial charge is 0.325 e. The minimum absolute atomic E-state index is 0.0678. The van der Waals surface area contributed by atoms with Crippen molar-refractivity contribution in [2.45, 2.75) is 38.3 Å². The van der Waals surface area contributed by atoms with E-state index >= 15 is 0 Å². The van der Waals surface area contributed by atoms with Crippen LogP contribution in [0, 0.1) is 24.4 Å². The molecule has 2 aliphatic heterocycles. The summed E-state index contributed by atoms with van der Waals surface area (Å²) in [6.45, 7) is 1.83. The van der Waals surface area contributed by atoms with Crippen LogP contribution in [0.1, 0.15) is 46.3 Å². The Bertz CT molecular complexity index is 1430. The van der Waals surface area contributed by atoms with Gasteiger partial charge in [0.15, 0.2) is 17.5 Å². The molecule has 168 valence electrons. The van der Waals surface area contributed by atoms with Gasteiger partial charge in [-0.15, -0.1) is 0 Å². The minimum atomic E-state index is -1.49. The molecular formula is C24H20F3N5O. The summed E-state index contributed by atoms with van der Waals surface area (Å²) in [5, 5.41) is 4.65. The van der Waals surface area contributed by atoms with Crippen LogP contribution in [0.2, 0.25) is 0 Å². The molecule has 3 aromatic heterocycles. The van der Waals surface area contributed by atoms with E-state index in [2.05, 4.69) is 10.1 Å². The Hall–Kier alpha value is -3.62. The first kappa shape index (κ1) is 20.0. The molecule has 2 atom stereocenters. The zero-order valence-electron chi connectivity index (χ0n) is 18.0. The summed E-state index contributed by atoms with van der Waals surface area (Å²) in [7, 11) is 1.70. The SMILES string of the molecule is Cc1nc2ccccn2c1C(=O)N1[C@@H]2CC[C@H]1c1nn(C)c(-c3cc(F)c(F)c(F)c3)c1C2. The predicted octanol–water partition coefficient (Wildman–Crippen LogP) is 4.36. The lowest BCUT2D eigenvalue weighted by atomic mass is 9.94. The van der Waals surface area contributed by atoms with E-state index in [1.165, 1.54) is 0 Å². The van der Waals surface area contributed by atoms with E-state index < -0.39 is 17.5 Å². The highest BCUT2D eigenvalue weighted by atomic mass is 19.2. The average molecular weight is 451 g/mol. The fourth-order valence-corrected chi connectivity index (χ4v) is 5.50. The van der Waals surface area contributed by atoms with Crippen LogP contribution in [0.5, 0.6) is 0 Å². The highest BCUT2D eigenvalue weighted by Gasteiger charge is 2.46. The Balaban J connectivity index is 1.44. The van der Waals surface area contributed by atoms with Gasteiger partial charge in [-0.2, -0.15) is 5.10 Å². The summed E-state index contributed by atoms with van der Waals surface area (Å²) >= 11 is 0. The number of imidazole rings is 1. The molecule has 1 aromatic carbocycles. The number of pyridine rings is 1. The normalized spacial score (nSPS) is 19.4. The van der Waals surface area contributed by atoms with Gasteiger partial charge in [-0.05, 0) is 50.5 Å². The third-order valence-electron chi connectivity index (χ3n) is 6.83. The molecular weight excluding hydrogens is 431 g/mol. The van der Waals surface area contributed by atoms with Crippen LogP contribution in [-0.2, 0) is 13.5 Å². The average Bonchev–Trinajstić information content (AvgIpc) is 3.41. The van der Waals surface area contributed by atoms with E-state index in [1.807, 2.05) is 36.2 Å². The van der Waals surface area contributed by atoms with Gasteiger partial charge < -0.3 is 4.90 Å². The standard InChI is InChI=1S/C24H20F3N5O/c1-12-22(31-8-4-3-5-19(31)28-12)24(33)32-14-6-7-18(32)21-15(11-14)23(30(2)29-21)13-9-16(25)20(27)17(26)10-13/h3-5,8-10,14,18H,6-7,11H2,1-2H3/t14-,18+/m1/s1. The molecule has 0 aliphatic carbocycles. The molecule has 0 saturated carbocycles. The first-order chi connectivity index (χ1) is 15.8. The lowest BCUT2D eigenvalue weighted by Gasteiger charge is -2.34. The van der Waals surface area contributed by atoms with Crippen molar-refractivity contribution in [2.24, 2.45) is 7.05 Å². The van der Waals surface area contributed by atoms with Crippen molar-refractivity contribution in [3.8, 4) is 11.3 Å². The fraction of sp³-hybridized carbons (Fsp3) is 0.292. The molecule has 33 heavy (non-hydrogen) atoms. The zero-order valence-corrected chi connectivity index (χ0v) is 18.0. The van der Waals surface area contributed by atoms with Crippen LogP contribution >= 0.6 is 0 Å². The van der Waals surface area contributed by atoms with Crippen LogP contribution in [0.3, 0.4) is 0 Å². The van der Waals surface area contributed by atoms with Gasteiger partial charge in [0, 0.05) is 30.4 Å². The zero-order chi connectivity index (χ0) is 23.0. The summed E-state index contributed by atoms with van der Waals surface area (Å²) in [5.41, 5.74) is 4.28. The fourth-order valence-electron chi connectivity index (χ4n) is 5.50. The van der Waals surface area contributed by atoms with Gasteiger partial charge in [0.1, 0.15) is 11.3 Å². The van der Waals surface area contributed by atoms with E-state index in [4.69, 9.17) is 0 Å². The number of halogens is 3. The van der Waals surface area contributed by atoms with E-state index in [9.17, 15) is 18.0 Å².